The van der Waals surface area contributed by atoms with Gasteiger partial charge in [0.2, 0.25) is 5.88 Å². The lowest BCUT2D eigenvalue weighted by Gasteiger charge is -2.18. The molecule has 2 heterocycles. The summed E-state index contributed by atoms with van der Waals surface area (Å²) in [6.45, 7) is 2.17. The molecule has 0 saturated heterocycles. The number of ether oxygens (including phenoxy) is 1. The van der Waals surface area contributed by atoms with E-state index in [9.17, 15) is 0 Å². The third-order valence-corrected chi connectivity index (χ3v) is 3.66. The first kappa shape index (κ1) is 12.3. The minimum absolute atomic E-state index is 0.448. The summed E-state index contributed by atoms with van der Waals surface area (Å²) >= 11 is 1.75. The average molecular weight is 254 g/mol. The van der Waals surface area contributed by atoms with E-state index in [-0.39, 0.29) is 0 Å². The molecule has 0 bridgehead atoms. The highest BCUT2D eigenvalue weighted by atomic mass is 32.2. The van der Waals surface area contributed by atoms with Gasteiger partial charge in [0.15, 0.2) is 11.0 Å². The van der Waals surface area contributed by atoms with Gasteiger partial charge in [-0.1, -0.05) is 18.7 Å². The molecule has 94 valence electrons. The molecule has 1 aromatic rings. The number of anilines is 1. The Morgan fingerprint density at radius 2 is 2.47 bits per heavy atom. The summed E-state index contributed by atoms with van der Waals surface area (Å²) in [5.41, 5.74) is 0. The monoisotopic (exact) mass is 254 g/mol. The zero-order valence-electron chi connectivity index (χ0n) is 10.4. The maximum absolute atomic E-state index is 5.17. The van der Waals surface area contributed by atoms with Crippen LogP contribution in [0.15, 0.2) is 11.1 Å². The first-order valence-electron chi connectivity index (χ1n) is 5.78. The summed E-state index contributed by atoms with van der Waals surface area (Å²) < 4.78 is 6.87. The molecule has 1 atom stereocenters. The Hall–Kier alpha value is -1.17. The lowest BCUT2D eigenvalue weighted by atomic mass is 10.2. The fourth-order valence-corrected chi connectivity index (χ4v) is 2.72. The Morgan fingerprint density at radius 1 is 1.65 bits per heavy atom. The molecule has 0 fully saturated rings. The van der Waals surface area contributed by atoms with Gasteiger partial charge < -0.3 is 10.1 Å². The highest BCUT2D eigenvalue weighted by Crippen LogP contribution is 2.22. The Bertz CT molecular complexity index is 416. The number of nitrogens with zero attached hydrogens (tertiary/aromatic N) is 3. The maximum atomic E-state index is 5.17. The molecule has 1 aromatic heterocycles. The number of thioether (sulfide) groups is 1. The number of aryl methyl sites for hydroxylation is 1. The van der Waals surface area contributed by atoms with Crippen LogP contribution in [0.4, 0.5) is 5.82 Å². The minimum atomic E-state index is 0.448. The summed E-state index contributed by atoms with van der Waals surface area (Å²) in [5, 5.41) is 8.52. The molecule has 0 spiro atoms. The van der Waals surface area contributed by atoms with E-state index in [0.29, 0.717) is 6.04 Å². The molecule has 0 amide bonds. The van der Waals surface area contributed by atoms with E-state index in [0.717, 1.165) is 35.5 Å². The van der Waals surface area contributed by atoms with Gasteiger partial charge in [0.25, 0.3) is 0 Å². The van der Waals surface area contributed by atoms with Gasteiger partial charge in [-0.05, 0) is 12.8 Å². The van der Waals surface area contributed by atoms with Gasteiger partial charge in [-0.15, -0.1) is 0 Å². The number of aromatic nitrogens is 2. The van der Waals surface area contributed by atoms with Crippen LogP contribution in [0.25, 0.3) is 0 Å². The Morgan fingerprint density at radius 3 is 3.12 bits per heavy atom. The van der Waals surface area contributed by atoms with E-state index in [1.165, 1.54) is 0 Å². The van der Waals surface area contributed by atoms with Crippen molar-refractivity contribution in [2.45, 2.75) is 25.8 Å². The Kier molecular flexibility index (Phi) is 3.93. The van der Waals surface area contributed by atoms with Gasteiger partial charge in [0.1, 0.15) is 0 Å². The van der Waals surface area contributed by atoms with Gasteiger partial charge in [0.05, 0.1) is 13.2 Å². The first-order valence-corrected chi connectivity index (χ1v) is 6.77. The molecular formula is C11H18N4OS. The fraction of sp³-hybridized carbons (Fsp3) is 0.636. The number of aliphatic imine (C=N–C) groups is 1. The van der Waals surface area contributed by atoms with Crippen molar-refractivity contribution < 1.29 is 4.74 Å². The van der Waals surface area contributed by atoms with E-state index in [1.807, 2.05) is 13.1 Å². The predicted molar refractivity (Wildman–Crippen MR) is 72.0 cm³/mol. The Labute approximate surface area is 106 Å². The number of hydrogen-bond donors (Lipinski definition) is 1. The van der Waals surface area contributed by atoms with Crippen LogP contribution < -0.4 is 10.1 Å². The van der Waals surface area contributed by atoms with Gasteiger partial charge in [-0.3, -0.25) is 4.99 Å². The number of hydrogen-bond acceptors (Lipinski definition) is 5. The summed E-state index contributed by atoms with van der Waals surface area (Å²) in [6, 6.07) is 2.32. The topological polar surface area (TPSA) is 51.4 Å². The van der Waals surface area contributed by atoms with Crippen LogP contribution in [0.5, 0.6) is 5.88 Å². The van der Waals surface area contributed by atoms with E-state index in [4.69, 9.17) is 4.74 Å². The van der Waals surface area contributed by atoms with Crippen LogP contribution in [0, 0.1) is 0 Å². The van der Waals surface area contributed by atoms with E-state index < -0.39 is 0 Å². The summed E-state index contributed by atoms with van der Waals surface area (Å²) in [5.74, 6) is 2.64. The molecule has 1 aliphatic heterocycles. The lowest BCUT2D eigenvalue weighted by molar-refractivity contribution is 0.373. The van der Waals surface area contributed by atoms with Crippen LogP contribution >= 0.6 is 11.8 Å². The molecule has 1 aliphatic rings. The predicted octanol–water partition coefficient (Wildman–Crippen LogP) is 2.11. The van der Waals surface area contributed by atoms with Crippen molar-refractivity contribution in [2.75, 3.05) is 18.2 Å². The quantitative estimate of drug-likeness (QED) is 0.897. The van der Waals surface area contributed by atoms with Crippen molar-refractivity contribution in [3.05, 3.63) is 6.07 Å². The Balaban J connectivity index is 2.07. The molecule has 0 aromatic carbocycles. The zero-order chi connectivity index (χ0) is 12.3. The first-order chi connectivity index (χ1) is 8.22. The van der Waals surface area contributed by atoms with Gasteiger partial charge in [-0.25, -0.2) is 4.68 Å². The van der Waals surface area contributed by atoms with Crippen molar-refractivity contribution in [2.24, 2.45) is 12.0 Å². The lowest BCUT2D eigenvalue weighted by Crippen LogP contribution is -2.19. The van der Waals surface area contributed by atoms with Crippen molar-refractivity contribution >= 4 is 22.7 Å². The van der Waals surface area contributed by atoms with Crippen molar-refractivity contribution in [3.63, 3.8) is 0 Å². The second-order valence-electron chi connectivity index (χ2n) is 3.95. The van der Waals surface area contributed by atoms with Crippen LogP contribution in [0.1, 0.15) is 19.8 Å². The zero-order valence-corrected chi connectivity index (χ0v) is 11.3. The third kappa shape index (κ3) is 2.94. The SMILES string of the molecule is CCC1CCSC(Nc2cc(OC)n(C)n2)=N1. The van der Waals surface area contributed by atoms with Crippen molar-refractivity contribution in [3.8, 4) is 5.88 Å². The minimum Gasteiger partial charge on any atom is -0.481 e. The van der Waals surface area contributed by atoms with Crippen LogP contribution in [0.3, 0.4) is 0 Å². The third-order valence-electron chi connectivity index (χ3n) is 2.74. The van der Waals surface area contributed by atoms with Crippen LogP contribution in [-0.4, -0.2) is 33.9 Å². The van der Waals surface area contributed by atoms with E-state index in [2.05, 4.69) is 22.3 Å². The average Bonchev–Trinajstić information content (AvgIpc) is 2.69. The summed E-state index contributed by atoms with van der Waals surface area (Å²) in [4.78, 5) is 4.64. The smallest absolute Gasteiger partial charge is 0.213 e. The highest BCUT2D eigenvalue weighted by Gasteiger charge is 2.15. The van der Waals surface area contributed by atoms with Crippen LogP contribution in [0.2, 0.25) is 0 Å². The molecule has 6 heteroatoms. The molecule has 1 N–H and O–H groups in total. The molecule has 2 rings (SSSR count). The molecule has 1 unspecified atom stereocenters. The van der Waals surface area contributed by atoms with Gasteiger partial charge >= 0.3 is 0 Å². The van der Waals surface area contributed by atoms with Crippen molar-refractivity contribution in [1.82, 2.24) is 9.78 Å². The van der Waals surface area contributed by atoms with Crippen molar-refractivity contribution in [1.29, 1.82) is 0 Å². The van der Waals surface area contributed by atoms with Gasteiger partial charge in [0, 0.05) is 18.9 Å². The summed E-state index contributed by atoms with van der Waals surface area (Å²) in [6.07, 6.45) is 2.26. The normalized spacial score (nSPS) is 19.9. The number of amidine groups is 1. The maximum Gasteiger partial charge on any atom is 0.213 e. The molecule has 5 nitrogen and oxygen atoms in total. The molecule has 0 aliphatic carbocycles. The molecule has 17 heavy (non-hydrogen) atoms. The number of rotatable bonds is 3. The van der Waals surface area contributed by atoms with Gasteiger partial charge in [-0.2, -0.15) is 5.10 Å². The second-order valence-corrected chi connectivity index (χ2v) is 5.04. The molecular weight excluding hydrogens is 236 g/mol. The second kappa shape index (κ2) is 5.44. The molecule has 0 radical (unpaired) electrons. The van der Waals surface area contributed by atoms with E-state index >= 15 is 0 Å². The molecule has 0 saturated carbocycles. The number of nitrogens with one attached hydrogen (secondary N) is 1. The van der Waals surface area contributed by atoms with E-state index in [1.54, 1.807) is 23.6 Å². The standard InChI is InChI=1S/C11H18N4OS/c1-4-8-5-6-17-11(12-8)13-9-7-10(16-3)15(2)14-9/h7-8H,4-6H2,1-3H3,(H,12,13,14). The fourth-order valence-electron chi connectivity index (χ4n) is 1.73. The van der Waals surface area contributed by atoms with Crippen LogP contribution in [-0.2, 0) is 7.05 Å². The summed E-state index contributed by atoms with van der Waals surface area (Å²) in [7, 11) is 3.50. The largest absolute Gasteiger partial charge is 0.481 e. The number of methoxy groups -OCH3 is 1. The highest BCUT2D eigenvalue weighted by molar-refractivity contribution is 8.14.